The van der Waals surface area contributed by atoms with Gasteiger partial charge in [-0.1, -0.05) is 60.7 Å². The molecule has 2 nitrogen and oxygen atoms in total. The average molecular weight is 284 g/mol. The molecule has 0 bridgehead atoms. The zero-order valence-corrected chi connectivity index (χ0v) is 12.9. The van der Waals surface area contributed by atoms with Gasteiger partial charge in [-0.3, -0.25) is 0 Å². The molecule has 0 atom stereocenters. The Bertz CT molecular complexity index is 452. The van der Waals surface area contributed by atoms with Crippen molar-refractivity contribution in [3.05, 3.63) is 71.8 Å². The van der Waals surface area contributed by atoms with Crippen LogP contribution in [0.4, 0.5) is 0 Å². The van der Waals surface area contributed by atoms with E-state index in [2.05, 4.69) is 60.7 Å². The molecule has 0 radical (unpaired) electrons. The lowest BCUT2D eigenvalue weighted by Gasteiger charge is -2.19. The minimum atomic E-state index is -0.0998. The molecule has 0 aliphatic rings. The third kappa shape index (κ3) is 4.69. The SMILES string of the molecule is COC(CCCC(c1ccccc1)c1ccccc1)OC. The molecule has 2 aromatic rings. The minimum Gasteiger partial charge on any atom is -0.356 e. The van der Waals surface area contributed by atoms with Gasteiger partial charge in [0.2, 0.25) is 0 Å². The second kappa shape index (κ2) is 8.60. The lowest BCUT2D eigenvalue weighted by molar-refractivity contribution is -0.107. The molecule has 112 valence electrons. The molecule has 0 amide bonds. The van der Waals surface area contributed by atoms with Gasteiger partial charge in [0.05, 0.1) is 0 Å². The Morgan fingerprint density at radius 2 is 1.19 bits per heavy atom. The number of ether oxygens (including phenoxy) is 2. The number of methoxy groups -OCH3 is 2. The van der Waals surface area contributed by atoms with Crippen LogP contribution < -0.4 is 0 Å². The molecule has 0 unspecified atom stereocenters. The highest BCUT2D eigenvalue weighted by atomic mass is 16.7. The maximum Gasteiger partial charge on any atom is 0.156 e. The van der Waals surface area contributed by atoms with Crippen molar-refractivity contribution < 1.29 is 9.47 Å². The second-order valence-electron chi connectivity index (χ2n) is 5.21. The first-order chi connectivity index (χ1) is 10.3. The molecule has 2 aromatic carbocycles. The molecule has 0 saturated carbocycles. The highest BCUT2D eigenvalue weighted by Crippen LogP contribution is 2.29. The topological polar surface area (TPSA) is 18.5 Å². The van der Waals surface area contributed by atoms with Crippen LogP contribution >= 0.6 is 0 Å². The quantitative estimate of drug-likeness (QED) is 0.659. The molecular formula is C19H24O2. The molecule has 0 aromatic heterocycles. The molecule has 21 heavy (non-hydrogen) atoms. The number of benzene rings is 2. The summed E-state index contributed by atoms with van der Waals surface area (Å²) < 4.78 is 10.5. The lowest BCUT2D eigenvalue weighted by atomic mass is 9.87. The molecule has 0 aliphatic heterocycles. The molecule has 0 fully saturated rings. The Kier molecular flexibility index (Phi) is 6.45. The van der Waals surface area contributed by atoms with E-state index in [0.717, 1.165) is 19.3 Å². The van der Waals surface area contributed by atoms with E-state index in [1.165, 1.54) is 11.1 Å². The first kappa shape index (κ1) is 15.7. The fourth-order valence-corrected chi connectivity index (χ4v) is 2.72. The summed E-state index contributed by atoms with van der Waals surface area (Å²) in [7, 11) is 3.39. The van der Waals surface area contributed by atoms with E-state index in [9.17, 15) is 0 Å². The summed E-state index contributed by atoms with van der Waals surface area (Å²) in [6.07, 6.45) is 2.98. The maximum atomic E-state index is 5.27. The van der Waals surface area contributed by atoms with Gasteiger partial charge in [-0.15, -0.1) is 0 Å². The van der Waals surface area contributed by atoms with Crippen LogP contribution in [0.3, 0.4) is 0 Å². The van der Waals surface area contributed by atoms with Gasteiger partial charge in [0.15, 0.2) is 6.29 Å². The van der Waals surface area contributed by atoms with Crippen LogP contribution in [0.5, 0.6) is 0 Å². The Morgan fingerprint density at radius 1 is 0.714 bits per heavy atom. The van der Waals surface area contributed by atoms with Gasteiger partial charge in [-0.25, -0.2) is 0 Å². The van der Waals surface area contributed by atoms with Gasteiger partial charge in [-0.05, 0) is 30.4 Å². The summed E-state index contributed by atoms with van der Waals surface area (Å²) in [6, 6.07) is 21.4. The summed E-state index contributed by atoms with van der Waals surface area (Å²) in [5.74, 6) is 0.432. The molecule has 0 aliphatic carbocycles. The smallest absolute Gasteiger partial charge is 0.156 e. The van der Waals surface area contributed by atoms with Crippen LogP contribution in [-0.4, -0.2) is 20.5 Å². The minimum absolute atomic E-state index is 0.0998. The van der Waals surface area contributed by atoms with Gasteiger partial charge in [-0.2, -0.15) is 0 Å². The molecule has 2 heteroatoms. The monoisotopic (exact) mass is 284 g/mol. The van der Waals surface area contributed by atoms with E-state index in [4.69, 9.17) is 9.47 Å². The fourth-order valence-electron chi connectivity index (χ4n) is 2.72. The second-order valence-corrected chi connectivity index (χ2v) is 5.21. The molecule has 0 spiro atoms. The first-order valence-electron chi connectivity index (χ1n) is 7.50. The van der Waals surface area contributed by atoms with Crippen molar-refractivity contribution in [3.8, 4) is 0 Å². The zero-order valence-electron chi connectivity index (χ0n) is 12.9. The first-order valence-corrected chi connectivity index (χ1v) is 7.50. The molecule has 0 N–H and O–H groups in total. The van der Waals surface area contributed by atoms with Crippen molar-refractivity contribution in [2.24, 2.45) is 0 Å². The average Bonchev–Trinajstić information content (AvgIpc) is 2.57. The van der Waals surface area contributed by atoms with E-state index in [1.807, 2.05) is 0 Å². The third-order valence-electron chi connectivity index (χ3n) is 3.86. The number of hydrogen-bond acceptors (Lipinski definition) is 2. The van der Waals surface area contributed by atoms with Crippen LogP contribution in [0.1, 0.15) is 36.3 Å². The number of rotatable bonds is 8. The predicted molar refractivity (Wildman–Crippen MR) is 86.4 cm³/mol. The van der Waals surface area contributed by atoms with Crippen molar-refractivity contribution in [3.63, 3.8) is 0 Å². The van der Waals surface area contributed by atoms with E-state index < -0.39 is 0 Å². The summed E-state index contributed by atoms with van der Waals surface area (Å²) in [6.45, 7) is 0. The number of hydrogen-bond donors (Lipinski definition) is 0. The summed E-state index contributed by atoms with van der Waals surface area (Å²) in [4.78, 5) is 0. The molecule has 0 heterocycles. The van der Waals surface area contributed by atoms with Crippen LogP contribution in [0, 0.1) is 0 Å². The molecular weight excluding hydrogens is 260 g/mol. The van der Waals surface area contributed by atoms with E-state index in [1.54, 1.807) is 14.2 Å². The normalized spacial score (nSPS) is 11.2. The Labute approximate surface area is 127 Å². The van der Waals surface area contributed by atoms with Crippen molar-refractivity contribution in [2.45, 2.75) is 31.5 Å². The van der Waals surface area contributed by atoms with Crippen LogP contribution in [-0.2, 0) is 9.47 Å². The van der Waals surface area contributed by atoms with Crippen molar-refractivity contribution >= 4 is 0 Å². The van der Waals surface area contributed by atoms with E-state index in [0.29, 0.717) is 5.92 Å². The van der Waals surface area contributed by atoms with Crippen LogP contribution in [0.15, 0.2) is 60.7 Å². The summed E-state index contributed by atoms with van der Waals surface area (Å²) in [5.41, 5.74) is 2.74. The van der Waals surface area contributed by atoms with Gasteiger partial charge in [0, 0.05) is 20.1 Å². The van der Waals surface area contributed by atoms with Gasteiger partial charge in [0.1, 0.15) is 0 Å². The summed E-state index contributed by atoms with van der Waals surface area (Å²) in [5, 5.41) is 0. The van der Waals surface area contributed by atoms with Crippen molar-refractivity contribution in [1.82, 2.24) is 0 Å². The van der Waals surface area contributed by atoms with Gasteiger partial charge in [0.25, 0.3) is 0 Å². The highest BCUT2D eigenvalue weighted by Gasteiger charge is 2.14. The lowest BCUT2D eigenvalue weighted by Crippen LogP contribution is -2.13. The van der Waals surface area contributed by atoms with Gasteiger partial charge < -0.3 is 9.47 Å². The predicted octanol–water partition coefficient (Wildman–Crippen LogP) is 4.61. The van der Waals surface area contributed by atoms with Crippen molar-refractivity contribution in [1.29, 1.82) is 0 Å². The Morgan fingerprint density at radius 3 is 1.62 bits per heavy atom. The fraction of sp³-hybridized carbons (Fsp3) is 0.368. The van der Waals surface area contributed by atoms with Crippen LogP contribution in [0.2, 0.25) is 0 Å². The summed E-state index contributed by atoms with van der Waals surface area (Å²) >= 11 is 0. The third-order valence-corrected chi connectivity index (χ3v) is 3.86. The standard InChI is InChI=1S/C19H24O2/c1-20-19(21-2)15-9-14-18(16-10-5-3-6-11-16)17-12-7-4-8-13-17/h3-8,10-13,18-19H,9,14-15H2,1-2H3. The Balaban J connectivity index is 2.07. The maximum absolute atomic E-state index is 5.27. The zero-order chi connectivity index (χ0) is 14.9. The van der Waals surface area contributed by atoms with Crippen LogP contribution in [0.25, 0.3) is 0 Å². The van der Waals surface area contributed by atoms with Gasteiger partial charge >= 0.3 is 0 Å². The highest BCUT2D eigenvalue weighted by molar-refractivity contribution is 5.32. The molecule has 0 saturated heterocycles. The van der Waals surface area contributed by atoms with E-state index in [-0.39, 0.29) is 6.29 Å². The largest absolute Gasteiger partial charge is 0.356 e. The van der Waals surface area contributed by atoms with E-state index >= 15 is 0 Å². The molecule has 2 rings (SSSR count). The van der Waals surface area contributed by atoms with Crippen molar-refractivity contribution in [2.75, 3.05) is 14.2 Å². The Hall–Kier alpha value is -1.64.